The van der Waals surface area contributed by atoms with E-state index < -0.39 is 0 Å². The number of hydrogen-bond donors (Lipinski definition) is 3. The molecule has 0 unspecified atom stereocenters. The Kier molecular flexibility index (Phi) is 4.98. The highest BCUT2D eigenvalue weighted by molar-refractivity contribution is 6.03. The van der Waals surface area contributed by atoms with Crippen LogP contribution in [0.5, 0.6) is 11.5 Å². The zero-order chi connectivity index (χ0) is 20.2. The number of benzene rings is 2. The van der Waals surface area contributed by atoms with Crippen LogP contribution in [-0.4, -0.2) is 23.6 Å². The Balaban J connectivity index is 1.43. The highest BCUT2D eigenvalue weighted by Gasteiger charge is 2.14. The maximum absolute atomic E-state index is 12.5. The van der Waals surface area contributed by atoms with Crippen LogP contribution in [0.3, 0.4) is 0 Å². The van der Waals surface area contributed by atoms with Crippen molar-refractivity contribution in [2.24, 2.45) is 0 Å². The van der Waals surface area contributed by atoms with Gasteiger partial charge in [0, 0.05) is 41.9 Å². The van der Waals surface area contributed by atoms with E-state index in [4.69, 9.17) is 9.47 Å². The second-order valence-electron chi connectivity index (χ2n) is 6.34. The quantitative estimate of drug-likeness (QED) is 0.613. The van der Waals surface area contributed by atoms with Crippen LogP contribution >= 0.6 is 0 Å². The summed E-state index contributed by atoms with van der Waals surface area (Å²) < 4.78 is 10.7. The van der Waals surface area contributed by atoms with Gasteiger partial charge in [-0.15, -0.1) is 0 Å². The predicted octanol–water partition coefficient (Wildman–Crippen LogP) is 3.76. The Hall–Kier alpha value is -4.07. The Morgan fingerprint density at radius 3 is 2.24 bits per heavy atom. The van der Waals surface area contributed by atoms with Gasteiger partial charge in [0.05, 0.1) is 0 Å². The van der Waals surface area contributed by atoms with Crippen LogP contribution in [0.25, 0.3) is 0 Å². The molecule has 3 N–H and O–H groups in total. The number of aromatic nitrogens is 1. The van der Waals surface area contributed by atoms with Crippen molar-refractivity contribution in [3.8, 4) is 11.5 Å². The van der Waals surface area contributed by atoms with Crippen molar-refractivity contribution >= 4 is 34.6 Å². The lowest BCUT2D eigenvalue weighted by molar-refractivity contribution is -0.114. The van der Waals surface area contributed by atoms with Crippen molar-refractivity contribution in [1.82, 2.24) is 4.98 Å². The highest BCUT2D eigenvalue weighted by Crippen LogP contribution is 2.35. The number of nitrogens with zero attached hydrogens (tertiary/aromatic N) is 1. The fraction of sp³-hybridized carbons (Fsp3) is 0.0952. The van der Waals surface area contributed by atoms with Crippen molar-refractivity contribution in [3.63, 3.8) is 0 Å². The molecule has 3 aromatic rings. The number of rotatable bonds is 5. The molecule has 8 heteroatoms. The molecular formula is C21H18N4O4. The minimum Gasteiger partial charge on any atom is -0.454 e. The van der Waals surface area contributed by atoms with E-state index in [1.807, 2.05) is 18.2 Å². The summed E-state index contributed by atoms with van der Waals surface area (Å²) in [5.74, 6) is 0.879. The first-order chi connectivity index (χ1) is 14.1. The number of anilines is 4. The highest BCUT2D eigenvalue weighted by atomic mass is 16.7. The van der Waals surface area contributed by atoms with Crippen molar-refractivity contribution in [2.75, 3.05) is 22.7 Å². The average Bonchev–Trinajstić information content (AvgIpc) is 3.17. The third-order valence-corrected chi connectivity index (χ3v) is 4.12. The minimum absolute atomic E-state index is 0.155. The van der Waals surface area contributed by atoms with Gasteiger partial charge in [-0.25, -0.2) is 0 Å². The summed E-state index contributed by atoms with van der Waals surface area (Å²) in [4.78, 5) is 27.7. The number of nitrogens with one attached hydrogen (secondary N) is 3. The molecule has 0 bridgehead atoms. The molecule has 0 spiro atoms. The summed E-state index contributed by atoms with van der Waals surface area (Å²) in [6.07, 6.45) is 1.56. The second kappa shape index (κ2) is 7.89. The SMILES string of the molecule is CC(=O)Nc1ccc(NC(=O)c2cc(Nc3ccc4c(c3)OCO4)ccn2)cc1. The van der Waals surface area contributed by atoms with E-state index in [0.29, 0.717) is 28.6 Å². The van der Waals surface area contributed by atoms with Gasteiger partial charge in [0.1, 0.15) is 5.69 Å². The second-order valence-corrected chi connectivity index (χ2v) is 6.34. The Labute approximate surface area is 166 Å². The first-order valence-corrected chi connectivity index (χ1v) is 8.88. The third-order valence-electron chi connectivity index (χ3n) is 4.12. The first-order valence-electron chi connectivity index (χ1n) is 8.88. The van der Waals surface area contributed by atoms with E-state index in [1.165, 1.54) is 6.92 Å². The predicted molar refractivity (Wildman–Crippen MR) is 109 cm³/mol. The van der Waals surface area contributed by atoms with Gasteiger partial charge in [0.15, 0.2) is 11.5 Å². The Morgan fingerprint density at radius 1 is 0.828 bits per heavy atom. The number of pyridine rings is 1. The largest absolute Gasteiger partial charge is 0.454 e. The van der Waals surface area contributed by atoms with E-state index in [1.54, 1.807) is 42.6 Å². The van der Waals surface area contributed by atoms with Crippen LogP contribution in [0, 0.1) is 0 Å². The maximum atomic E-state index is 12.5. The van der Waals surface area contributed by atoms with E-state index in [0.717, 1.165) is 5.69 Å². The summed E-state index contributed by atoms with van der Waals surface area (Å²) in [6.45, 7) is 1.65. The number of fused-ring (bicyclic) bond motifs is 1. The molecule has 2 heterocycles. The van der Waals surface area contributed by atoms with Gasteiger partial charge in [0.2, 0.25) is 12.7 Å². The lowest BCUT2D eigenvalue weighted by Gasteiger charge is -2.10. The van der Waals surface area contributed by atoms with Crippen molar-refractivity contribution in [1.29, 1.82) is 0 Å². The van der Waals surface area contributed by atoms with Crippen LogP contribution in [-0.2, 0) is 4.79 Å². The van der Waals surface area contributed by atoms with Crippen LogP contribution in [0.1, 0.15) is 17.4 Å². The molecular weight excluding hydrogens is 372 g/mol. The van der Waals surface area contributed by atoms with E-state index in [9.17, 15) is 9.59 Å². The smallest absolute Gasteiger partial charge is 0.274 e. The molecule has 0 aliphatic carbocycles. The summed E-state index contributed by atoms with van der Waals surface area (Å²) in [5, 5.41) is 8.68. The van der Waals surface area contributed by atoms with E-state index >= 15 is 0 Å². The number of hydrogen-bond acceptors (Lipinski definition) is 6. The number of carbonyl (C=O) groups is 2. The molecule has 2 aromatic carbocycles. The van der Waals surface area contributed by atoms with Crippen LogP contribution in [0.2, 0.25) is 0 Å². The Bertz CT molecular complexity index is 1070. The standard InChI is InChI=1S/C21H18N4O4/c1-13(26)23-14-2-4-15(5-3-14)25-21(27)18-10-17(8-9-22-18)24-16-6-7-19-20(11-16)29-12-28-19/h2-11H,12H2,1H3,(H,22,24)(H,23,26)(H,25,27). The van der Waals surface area contributed by atoms with Crippen molar-refractivity contribution < 1.29 is 19.1 Å². The molecule has 2 amide bonds. The zero-order valence-corrected chi connectivity index (χ0v) is 15.6. The summed E-state index contributed by atoms with van der Waals surface area (Å²) >= 11 is 0. The molecule has 0 radical (unpaired) electrons. The van der Waals surface area contributed by atoms with Gasteiger partial charge in [-0.3, -0.25) is 14.6 Å². The fourth-order valence-corrected chi connectivity index (χ4v) is 2.81. The summed E-state index contributed by atoms with van der Waals surface area (Å²) in [5.41, 5.74) is 3.04. The zero-order valence-electron chi connectivity index (χ0n) is 15.6. The summed E-state index contributed by atoms with van der Waals surface area (Å²) in [7, 11) is 0. The average molecular weight is 390 g/mol. The minimum atomic E-state index is -0.341. The molecule has 0 fully saturated rings. The van der Waals surface area contributed by atoms with Gasteiger partial charge in [-0.05, 0) is 48.5 Å². The molecule has 8 nitrogen and oxygen atoms in total. The van der Waals surface area contributed by atoms with Crippen LogP contribution < -0.4 is 25.4 Å². The molecule has 0 saturated heterocycles. The molecule has 29 heavy (non-hydrogen) atoms. The maximum Gasteiger partial charge on any atom is 0.274 e. The fourth-order valence-electron chi connectivity index (χ4n) is 2.81. The van der Waals surface area contributed by atoms with Crippen LogP contribution in [0.4, 0.5) is 22.7 Å². The van der Waals surface area contributed by atoms with Crippen molar-refractivity contribution in [3.05, 3.63) is 66.5 Å². The molecule has 0 atom stereocenters. The lowest BCUT2D eigenvalue weighted by Crippen LogP contribution is -2.14. The van der Waals surface area contributed by atoms with Gasteiger partial charge in [-0.2, -0.15) is 0 Å². The normalized spacial score (nSPS) is 11.6. The molecule has 0 saturated carbocycles. The Morgan fingerprint density at radius 2 is 1.48 bits per heavy atom. The monoisotopic (exact) mass is 390 g/mol. The molecule has 4 rings (SSSR count). The molecule has 1 aromatic heterocycles. The number of carbonyl (C=O) groups excluding carboxylic acids is 2. The van der Waals surface area contributed by atoms with Gasteiger partial charge >= 0.3 is 0 Å². The number of ether oxygens (including phenoxy) is 2. The first kappa shape index (κ1) is 18.3. The van der Waals surface area contributed by atoms with Gasteiger partial charge in [0.25, 0.3) is 5.91 Å². The topological polar surface area (TPSA) is 102 Å². The number of amides is 2. The van der Waals surface area contributed by atoms with Crippen molar-refractivity contribution in [2.45, 2.75) is 6.92 Å². The lowest BCUT2D eigenvalue weighted by atomic mass is 10.2. The molecule has 146 valence electrons. The van der Waals surface area contributed by atoms with Crippen LogP contribution in [0.15, 0.2) is 60.8 Å². The molecule has 1 aliphatic rings. The van der Waals surface area contributed by atoms with E-state index in [2.05, 4.69) is 20.9 Å². The van der Waals surface area contributed by atoms with Gasteiger partial charge < -0.3 is 25.4 Å². The third kappa shape index (κ3) is 4.44. The molecule has 1 aliphatic heterocycles. The van der Waals surface area contributed by atoms with Gasteiger partial charge in [-0.1, -0.05) is 0 Å². The van der Waals surface area contributed by atoms with E-state index in [-0.39, 0.29) is 24.3 Å². The summed E-state index contributed by atoms with van der Waals surface area (Å²) in [6, 6.07) is 15.8.